The summed E-state index contributed by atoms with van der Waals surface area (Å²) >= 11 is 3.81. The van der Waals surface area contributed by atoms with E-state index in [1.165, 1.54) is 0 Å². The zero-order chi connectivity index (χ0) is 10.7. The average molecular weight is 218 g/mol. The Bertz CT molecular complexity index is 324. The Balaban J connectivity index is 2.95. The SMILES string of the molecule is Nc1cc(F)cnc1C(O)C(O)CS. The second-order valence-electron chi connectivity index (χ2n) is 2.82. The highest BCUT2D eigenvalue weighted by atomic mass is 32.1. The van der Waals surface area contributed by atoms with Crippen LogP contribution in [0.1, 0.15) is 11.8 Å². The zero-order valence-corrected chi connectivity index (χ0v) is 8.16. The van der Waals surface area contributed by atoms with Gasteiger partial charge in [0.25, 0.3) is 0 Å². The minimum atomic E-state index is -1.24. The Labute approximate surface area is 86.0 Å². The van der Waals surface area contributed by atoms with Crippen molar-refractivity contribution >= 4 is 18.3 Å². The monoisotopic (exact) mass is 218 g/mol. The number of pyridine rings is 1. The molecule has 1 heterocycles. The van der Waals surface area contributed by atoms with E-state index in [2.05, 4.69) is 17.6 Å². The predicted octanol–water partition coefficient (Wildman–Crippen LogP) is 0.127. The van der Waals surface area contributed by atoms with E-state index in [1.807, 2.05) is 0 Å². The maximum Gasteiger partial charge on any atom is 0.143 e. The van der Waals surface area contributed by atoms with Crippen LogP contribution in [-0.4, -0.2) is 27.1 Å². The summed E-state index contributed by atoms with van der Waals surface area (Å²) in [6, 6.07) is 1.04. The Morgan fingerprint density at radius 2 is 2.21 bits per heavy atom. The van der Waals surface area contributed by atoms with Crippen molar-refractivity contribution in [3.8, 4) is 0 Å². The molecule has 0 saturated heterocycles. The number of anilines is 1. The van der Waals surface area contributed by atoms with Gasteiger partial charge in [-0.25, -0.2) is 4.39 Å². The molecule has 0 saturated carbocycles. The van der Waals surface area contributed by atoms with Crippen LogP contribution in [0.2, 0.25) is 0 Å². The van der Waals surface area contributed by atoms with E-state index in [9.17, 15) is 14.6 Å². The van der Waals surface area contributed by atoms with E-state index in [1.54, 1.807) is 0 Å². The molecule has 4 N–H and O–H groups in total. The number of rotatable bonds is 3. The van der Waals surface area contributed by atoms with Gasteiger partial charge in [0, 0.05) is 11.8 Å². The van der Waals surface area contributed by atoms with Crippen molar-refractivity contribution < 1.29 is 14.6 Å². The molecule has 0 fully saturated rings. The second kappa shape index (κ2) is 4.59. The number of aliphatic hydroxyl groups excluding tert-OH is 2. The summed E-state index contributed by atoms with van der Waals surface area (Å²) in [5.74, 6) is -0.515. The van der Waals surface area contributed by atoms with Crippen LogP contribution < -0.4 is 5.73 Å². The van der Waals surface area contributed by atoms with Gasteiger partial charge in [-0.2, -0.15) is 12.6 Å². The fourth-order valence-electron chi connectivity index (χ4n) is 0.995. The molecule has 0 aliphatic rings. The smallest absolute Gasteiger partial charge is 0.143 e. The molecule has 14 heavy (non-hydrogen) atoms. The van der Waals surface area contributed by atoms with Crippen molar-refractivity contribution in [3.05, 3.63) is 23.8 Å². The molecule has 0 bridgehead atoms. The number of aromatic nitrogens is 1. The molecule has 0 aliphatic heterocycles. The van der Waals surface area contributed by atoms with Crippen molar-refractivity contribution in [2.75, 3.05) is 11.5 Å². The van der Waals surface area contributed by atoms with E-state index >= 15 is 0 Å². The summed E-state index contributed by atoms with van der Waals surface area (Å²) in [6.07, 6.45) is -1.38. The Kier molecular flexibility index (Phi) is 3.68. The molecule has 0 amide bonds. The molecule has 2 atom stereocenters. The van der Waals surface area contributed by atoms with Crippen molar-refractivity contribution in [2.45, 2.75) is 12.2 Å². The summed E-state index contributed by atoms with van der Waals surface area (Å²) < 4.78 is 12.6. The van der Waals surface area contributed by atoms with E-state index in [0.29, 0.717) is 0 Å². The van der Waals surface area contributed by atoms with Gasteiger partial charge in [-0.3, -0.25) is 4.98 Å². The molecule has 4 nitrogen and oxygen atoms in total. The minimum absolute atomic E-state index is 0.0123. The third-order valence-electron chi connectivity index (χ3n) is 1.75. The van der Waals surface area contributed by atoms with Crippen molar-refractivity contribution in [3.63, 3.8) is 0 Å². The zero-order valence-electron chi connectivity index (χ0n) is 7.26. The standard InChI is InChI=1S/C8H11FN2O2S/c9-4-1-5(10)7(11-2-4)8(13)6(12)3-14/h1-2,6,8,12-14H,3,10H2. The topological polar surface area (TPSA) is 79.4 Å². The molecule has 1 rings (SSSR count). The van der Waals surface area contributed by atoms with Gasteiger partial charge in [0.05, 0.1) is 23.7 Å². The first-order chi connectivity index (χ1) is 6.56. The number of nitrogens with two attached hydrogens (primary N) is 1. The molecular weight excluding hydrogens is 207 g/mol. The van der Waals surface area contributed by atoms with Crippen LogP contribution in [0, 0.1) is 5.82 Å². The van der Waals surface area contributed by atoms with Gasteiger partial charge >= 0.3 is 0 Å². The largest absolute Gasteiger partial charge is 0.397 e. The number of halogens is 1. The average Bonchev–Trinajstić information content (AvgIpc) is 2.15. The van der Waals surface area contributed by atoms with Gasteiger partial charge in [0.1, 0.15) is 11.9 Å². The summed E-state index contributed by atoms with van der Waals surface area (Å²) in [7, 11) is 0. The molecule has 78 valence electrons. The summed E-state index contributed by atoms with van der Waals surface area (Å²) in [5, 5.41) is 18.8. The lowest BCUT2D eigenvalue weighted by Crippen LogP contribution is -2.22. The summed E-state index contributed by atoms with van der Waals surface area (Å²) in [5.41, 5.74) is 5.49. The van der Waals surface area contributed by atoms with Gasteiger partial charge < -0.3 is 15.9 Å². The number of hydrogen-bond donors (Lipinski definition) is 4. The van der Waals surface area contributed by atoms with E-state index in [4.69, 9.17) is 5.73 Å². The van der Waals surface area contributed by atoms with Gasteiger partial charge in [0.15, 0.2) is 0 Å². The van der Waals surface area contributed by atoms with Crippen LogP contribution in [-0.2, 0) is 0 Å². The van der Waals surface area contributed by atoms with E-state index < -0.39 is 18.0 Å². The van der Waals surface area contributed by atoms with Crippen LogP contribution in [0.5, 0.6) is 0 Å². The number of nitrogens with zero attached hydrogens (tertiary/aromatic N) is 1. The van der Waals surface area contributed by atoms with Crippen LogP contribution in [0.25, 0.3) is 0 Å². The lowest BCUT2D eigenvalue weighted by atomic mass is 10.1. The molecule has 0 aromatic carbocycles. The summed E-state index contributed by atoms with van der Waals surface area (Å²) in [6.45, 7) is 0. The van der Waals surface area contributed by atoms with Crippen molar-refractivity contribution in [2.24, 2.45) is 0 Å². The molecule has 0 spiro atoms. The normalized spacial score (nSPS) is 15.1. The number of hydrogen-bond acceptors (Lipinski definition) is 5. The number of nitrogen functional groups attached to an aromatic ring is 1. The Morgan fingerprint density at radius 3 is 2.71 bits per heavy atom. The Hall–Kier alpha value is -0.850. The lowest BCUT2D eigenvalue weighted by Gasteiger charge is -2.16. The van der Waals surface area contributed by atoms with Gasteiger partial charge in [0.2, 0.25) is 0 Å². The third kappa shape index (κ3) is 2.34. The van der Waals surface area contributed by atoms with Crippen LogP contribution in [0.4, 0.5) is 10.1 Å². The molecule has 1 aromatic rings. The first-order valence-corrected chi connectivity index (χ1v) is 4.57. The predicted molar refractivity (Wildman–Crippen MR) is 53.4 cm³/mol. The van der Waals surface area contributed by atoms with Crippen LogP contribution in [0.3, 0.4) is 0 Å². The van der Waals surface area contributed by atoms with Crippen molar-refractivity contribution in [1.82, 2.24) is 4.98 Å². The quantitative estimate of drug-likeness (QED) is 0.544. The molecule has 1 aromatic heterocycles. The maximum atomic E-state index is 12.6. The van der Waals surface area contributed by atoms with Crippen LogP contribution in [0.15, 0.2) is 12.3 Å². The minimum Gasteiger partial charge on any atom is -0.397 e. The number of aliphatic hydroxyl groups is 2. The van der Waals surface area contributed by atoms with E-state index in [-0.39, 0.29) is 17.1 Å². The second-order valence-corrected chi connectivity index (χ2v) is 3.19. The van der Waals surface area contributed by atoms with Crippen LogP contribution >= 0.6 is 12.6 Å². The third-order valence-corrected chi connectivity index (χ3v) is 2.12. The molecule has 6 heteroatoms. The van der Waals surface area contributed by atoms with Gasteiger partial charge in [-0.1, -0.05) is 0 Å². The molecule has 2 unspecified atom stereocenters. The lowest BCUT2D eigenvalue weighted by molar-refractivity contribution is 0.0314. The van der Waals surface area contributed by atoms with Gasteiger partial charge in [-0.15, -0.1) is 0 Å². The molecule has 0 radical (unpaired) electrons. The highest BCUT2D eigenvalue weighted by molar-refractivity contribution is 7.80. The van der Waals surface area contributed by atoms with Crippen molar-refractivity contribution in [1.29, 1.82) is 0 Å². The molecule has 0 aliphatic carbocycles. The summed E-state index contributed by atoms with van der Waals surface area (Å²) in [4.78, 5) is 3.60. The highest BCUT2D eigenvalue weighted by Crippen LogP contribution is 2.21. The number of thiol groups is 1. The van der Waals surface area contributed by atoms with E-state index in [0.717, 1.165) is 12.3 Å². The first-order valence-electron chi connectivity index (χ1n) is 3.94. The first kappa shape index (κ1) is 11.2. The fourth-order valence-corrected chi connectivity index (χ4v) is 1.19. The maximum absolute atomic E-state index is 12.6. The Morgan fingerprint density at radius 1 is 1.57 bits per heavy atom. The van der Waals surface area contributed by atoms with Gasteiger partial charge in [-0.05, 0) is 0 Å². The fraction of sp³-hybridized carbons (Fsp3) is 0.375. The molecular formula is C8H11FN2O2S. The highest BCUT2D eigenvalue weighted by Gasteiger charge is 2.20.